The van der Waals surface area contributed by atoms with Crippen molar-refractivity contribution in [3.05, 3.63) is 0 Å². The number of nitrogens with two attached hydrogens (primary N) is 1. The van der Waals surface area contributed by atoms with Gasteiger partial charge in [0, 0.05) is 31.2 Å². The zero-order chi connectivity index (χ0) is 10.8. The first-order valence-electron chi connectivity index (χ1n) is 5.63. The number of rotatable bonds is 3. The molecule has 0 radical (unpaired) electrons. The lowest BCUT2D eigenvalue weighted by Gasteiger charge is -2.47. The Morgan fingerprint density at radius 3 is 2.50 bits per heavy atom. The van der Waals surface area contributed by atoms with E-state index in [-0.39, 0.29) is 0 Å². The van der Waals surface area contributed by atoms with Gasteiger partial charge in [0.05, 0.1) is 0 Å². The van der Waals surface area contributed by atoms with Crippen LogP contribution in [0.1, 0.15) is 27.2 Å². The van der Waals surface area contributed by atoms with Crippen LogP contribution in [0.15, 0.2) is 0 Å². The van der Waals surface area contributed by atoms with Crippen molar-refractivity contribution in [1.29, 1.82) is 0 Å². The van der Waals surface area contributed by atoms with Crippen LogP contribution in [-0.4, -0.2) is 54.6 Å². The van der Waals surface area contributed by atoms with Crippen LogP contribution in [0.5, 0.6) is 0 Å². The molecule has 0 aromatic rings. The lowest BCUT2D eigenvalue weighted by Crippen LogP contribution is -2.59. The van der Waals surface area contributed by atoms with Gasteiger partial charge in [-0.1, -0.05) is 0 Å². The topological polar surface area (TPSA) is 32.5 Å². The Labute approximate surface area is 88.2 Å². The van der Waals surface area contributed by atoms with Gasteiger partial charge in [-0.2, -0.15) is 0 Å². The predicted molar refractivity (Wildman–Crippen MR) is 61.4 cm³/mol. The Morgan fingerprint density at radius 1 is 1.36 bits per heavy atom. The number of likely N-dealkylation sites (N-methyl/N-ethyl adjacent to an activating group) is 1. The molecule has 1 fully saturated rings. The van der Waals surface area contributed by atoms with Crippen molar-refractivity contribution in [2.45, 2.75) is 38.8 Å². The fourth-order valence-electron chi connectivity index (χ4n) is 2.08. The van der Waals surface area contributed by atoms with E-state index in [9.17, 15) is 0 Å². The molecule has 1 saturated heterocycles. The van der Waals surface area contributed by atoms with Gasteiger partial charge in [-0.3, -0.25) is 9.80 Å². The summed E-state index contributed by atoms with van der Waals surface area (Å²) in [5.41, 5.74) is 5.90. The molecule has 1 atom stereocenters. The van der Waals surface area contributed by atoms with E-state index in [2.05, 4.69) is 37.6 Å². The zero-order valence-corrected chi connectivity index (χ0v) is 10.1. The minimum atomic E-state index is 0.307. The van der Waals surface area contributed by atoms with Crippen LogP contribution in [0.3, 0.4) is 0 Å². The van der Waals surface area contributed by atoms with Crippen molar-refractivity contribution in [3.63, 3.8) is 0 Å². The van der Waals surface area contributed by atoms with E-state index in [1.807, 2.05) is 0 Å². The highest BCUT2D eigenvalue weighted by atomic mass is 15.3. The molecule has 84 valence electrons. The molecule has 2 N–H and O–H groups in total. The number of piperazine rings is 1. The third-order valence-corrected chi connectivity index (χ3v) is 3.55. The van der Waals surface area contributed by atoms with Crippen LogP contribution in [0.2, 0.25) is 0 Å². The zero-order valence-electron chi connectivity index (χ0n) is 10.1. The average molecular weight is 199 g/mol. The summed E-state index contributed by atoms with van der Waals surface area (Å²) < 4.78 is 0. The molecule has 14 heavy (non-hydrogen) atoms. The maximum Gasteiger partial charge on any atom is 0.0277 e. The van der Waals surface area contributed by atoms with Crippen LogP contribution >= 0.6 is 0 Å². The van der Waals surface area contributed by atoms with Crippen molar-refractivity contribution in [2.24, 2.45) is 5.73 Å². The molecule has 0 bridgehead atoms. The Hall–Kier alpha value is -0.120. The lowest BCUT2D eigenvalue weighted by atomic mass is 9.98. The summed E-state index contributed by atoms with van der Waals surface area (Å²) in [5, 5.41) is 0. The summed E-state index contributed by atoms with van der Waals surface area (Å²) in [4.78, 5) is 5.01. The predicted octanol–water partition coefficient (Wildman–Crippen LogP) is 0.750. The molecule has 0 spiro atoms. The summed E-state index contributed by atoms with van der Waals surface area (Å²) in [6.45, 7) is 11.2. The first-order valence-corrected chi connectivity index (χ1v) is 5.63. The van der Waals surface area contributed by atoms with Gasteiger partial charge in [-0.05, 0) is 40.8 Å². The molecule has 1 aliphatic heterocycles. The van der Waals surface area contributed by atoms with Crippen LogP contribution < -0.4 is 5.73 Å². The highest BCUT2D eigenvalue weighted by Crippen LogP contribution is 2.20. The van der Waals surface area contributed by atoms with Crippen LogP contribution in [0.25, 0.3) is 0 Å². The van der Waals surface area contributed by atoms with Crippen molar-refractivity contribution in [3.8, 4) is 0 Å². The van der Waals surface area contributed by atoms with Crippen molar-refractivity contribution >= 4 is 0 Å². The van der Waals surface area contributed by atoms with E-state index in [4.69, 9.17) is 5.73 Å². The van der Waals surface area contributed by atoms with Gasteiger partial charge in [-0.15, -0.1) is 0 Å². The molecule has 0 aromatic carbocycles. The summed E-state index contributed by atoms with van der Waals surface area (Å²) in [6.07, 6.45) is 1.11. The molecule has 3 heteroatoms. The molecule has 1 rings (SSSR count). The Morgan fingerprint density at radius 2 is 2.00 bits per heavy atom. The van der Waals surface area contributed by atoms with Crippen LogP contribution in [-0.2, 0) is 0 Å². The number of hydrogen-bond acceptors (Lipinski definition) is 3. The summed E-state index contributed by atoms with van der Waals surface area (Å²) >= 11 is 0. The smallest absolute Gasteiger partial charge is 0.0277 e. The van der Waals surface area contributed by atoms with Crippen molar-refractivity contribution < 1.29 is 0 Å². The Kier molecular flexibility index (Phi) is 3.93. The van der Waals surface area contributed by atoms with Crippen molar-refractivity contribution in [1.82, 2.24) is 9.80 Å². The second kappa shape index (κ2) is 4.60. The molecular formula is C11H25N3. The second-order valence-corrected chi connectivity index (χ2v) is 5.13. The van der Waals surface area contributed by atoms with E-state index < -0.39 is 0 Å². The Balaban J connectivity index is 2.50. The minimum absolute atomic E-state index is 0.307. The molecule has 3 nitrogen and oxygen atoms in total. The van der Waals surface area contributed by atoms with Gasteiger partial charge in [0.2, 0.25) is 0 Å². The first-order chi connectivity index (χ1) is 6.47. The fourth-order valence-corrected chi connectivity index (χ4v) is 2.08. The number of nitrogens with zero attached hydrogens (tertiary/aromatic N) is 2. The van der Waals surface area contributed by atoms with E-state index in [1.165, 1.54) is 13.1 Å². The van der Waals surface area contributed by atoms with E-state index in [1.54, 1.807) is 0 Å². The van der Waals surface area contributed by atoms with Gasteiger partial charge in [-0.25, -0.2) is 0 Å². The van der Waals surface area contributed by atoms with E-state index >= 15 is 0 Å². The Bertz CT molecular complexity index is 179. The van der Waals surface area contributed by atoms with Crippen LogP contribution in [0.4, 0.5) is 0 Å². The largest absolute Gasteiger partial charge is 0.330 e. The van der Waals surface area contributed by atoms with E-state index in [0.717, 1.165) is 19.5 Å². The molecule has 1 aliphatic rings. The fraction of sp³-hybridized carbons (Fsp3) is 1.00. The average Bonchev–Trinajstić information content (AvgIpc) is 2.10. The minimum Gasteiger partial charge on any atom is -0.330 e. The third kappa shape index (κ3) is 2.69. The SMILES string of the molecule is CC(CCN)N1CCN(C)C(C)(C)C1. The molecule has 1 unspecified atom stereocenters. The molecule has 0 amide bonds. The third-order valence-electron chi connectivity index (χ3n) is 3.55. The molecular weight excluding hydrogens is 174 g/mol. The number of hydrogen-bond donors (Lipinski definition) is 1. The van der Waals surface area contributed by atoms with Gasteiger partial charge < -0.3 is 5.73 Å². The second-order valence-electron chi connectivity index (χ2n) is 5.13. The summed E-state index contributed by atoms with van der Waals surface area (Å²) in [7, 11) is 2.21. The highest BCUT2D eigenvalue weighted by molar-refractivity contribution is 4.89. The lowest BCUT2D eigenvalue weighted by molar-refractivity contribution is 0.0194. The van der Waals surface area contributed by atoms with Crippen molar-refractivity contribution in [2.75, 3.05) is 33.2 Å². The standard InChI is InChI=1S/C11H25N3/c1-10(5-6-12)14-8-7-13(4)11(2,3)9-14/h10H,5-9,12H2,1-4H3. The van der Waals surface area contributed by atoms with E-state index in [0.29, 0.717) is 11.6 Å². The summed E-state index contributed by atoms with van der Waals surface area (Å²) in [5.74, 6) is 0. The molecule has 0 aliphatic carbocycles. The quantitative estimate of drug-likeness (QED) is 0.728. The van der Waals surface area contributed by atoms with Gasteiger partial charge >= 0.3 is 0 Å². The van der Waals surface area contributed by atoms with Gasteiger partial charge in [0.15, 0.2) is 0 Å². The van der Waals surface area contributed by atoms with Gasteiger partial charge in [0.1, 0.15) is 0 Å². The normalized spacial score (nSPS) is 26.4. The molecule has 0 aromatic heterocycles. The molecule has 0 saturated carbocycles. The summed E-state index contributed by atoms with van der Waals surface area (Å²) in [6, 6.07) is 0.632. The molecule has 1 heterocycles. The maximum absolute atomic E-state index is 5.59. The van der Waals surface area contributed by atoms with Crippen LogP contribution in [0, 0.1) is 0 Å². The maximum atomic E-state index is 5.59. The van der Waals surface area contributed by atoms with Gasteiger partial charge in [0.25, 0.3) is 0 Å². The monoisotopic (exact) mass is 199 g/mol. The first kappa shape index (κ1) is 12.0. The highest BCUT2D eigenvalue weighted by Gasteiger charge is 2.32.